The number of ether oxygens (including phenoxy) is 2. The maximum atomic E-state index is 7.87. The lowest BCUT2D eigenvalue weighted by Crippen LogP contribution is -2.03. The minimum absolute atomic E-state index is 0.0916. The lowest BCUT2D eigenvalue weighted by molar-refractivity contribution is 0.284. The molecule has 0 aromatic heterocycles. The molecule has 0 saturated carbocycles. The highest BCUT2D eigenvalue weighted by molar-refractivity contribution is 5.43. The summed E-state index contributed by atoms with van der Waals surface area (Å²) in [6.07, 6.45) is -2.35. The molecule has 0 aliphatic rings. The Kier molecular flexibility index (Phi) is 3.22. The Bertz CT molecular complexity index is 657. The van der Waals surface area contributed by atoms with E-state index in [0.29, 0.717) is 18.1 Å². The van der Waals surface area contributed by atoms with Crippen molar-refractivity contribution in [3.63, 3.8) is 0 Å². The van der Waals surface area contributed by atoms with Crippen LogP contribution in [-0.4, -0.2) is 13.6 Å². The van der Waals surface area contributed by atoms with Gasteiger partial charge >= 0.3 is 0 Å². The van der Waals surface area contributed by atoms with Crippen LogP contribution in [0.25, 0.3) is 0 Å². The zero-order valence-corrected chi connectivity index (χ0v) is 10.7. The van der Waals surface area contributed by atoms with Crippen molar-refractivity contribution in [3.8, 4) is 11.5 Å². The molecular weight excluding hydrogens is 238 g/mol. The van der Waals surface area contributed by atoms with Crippen molar-refractivity contribution in [1.82, 2.24) is 0 Å². The van der Waals surface area contributed by atoms with Gasteiger partial charge in [0.15, 0.2) is 11.5 Å². The minimum Gasteiger partial charge on any atom is -0.493 e. The van der Waals surface area contributed by atoms with Gasteiger partial charge in [-0.2, -0.15) is 0 Å². The number of hydrogen-bond donors (Lipinski definition) is 1. The summed E-state index contributed by atoms with van der Waals surface area (Å²) in [5.74, 6) is 0.778. The predicted octanol–water partition coefficient (Wildman–Crippen LogP) is 2.78. The highest BCUT2D eigenvalue weighted by Gasteiger charge is 2.05. The predicted molar refractivity (Wildman–Crippen MR) is 76.5 cm³/mol. The van der Waals surface area contributed by atoms with Crippen LogP contribution in [0.1, 0.15) is 16.6 Å². The summed E-state index contributed by atoms with van der Waals surface area (Å²) >= 11 is 0. The van der Waals surface area contributed by atoms with Gasteiger partial charge in [-0.1, -0.05) is 36.4 Å². The van der Waals surface area contributed by atoms with Gasteiger partial charge in [-0.3, -0.25) is 0 Å². The van der Waals surface area contributed by atoms with Crippen molar-refractivity contribution < 1.29 is 15.0 Å². The van der Waals surface area contributed by atoms with Gasteiger partial charge in [-0.15, -0.1) is 0 Å². The number of hydrogen-bond acceptors (Lipinski definition) is 3. The first kappa shape index (κ1) is 8.99. The summed E-state index contributed by atoms with van der Waals surface area (Å²) in [5, 5.41) is 0. The van der Waals surface area contributed by atoms with Crippen molar-refractivity contribution in [1.29, 1.82) is 0 Å². The van der Waals surface area contributed by atoms with Gasteiger partial charge in [0.05, 0.1) is 7.11 Å². The molecule has 0 aliphatic heterocycles. The molecule has 0 heterocycles. The van der Waals surface area contributed by atoms with Crippen molar-refractivity contribution in [2.75, 3.05) is 13.6 Å². The average molecular weight is 261 g/mol. The van der Waals surface area contributed by atoms with E-state index in [-0.39, 0.29) is 5.56 Å². The normalized spacial score (nSPS) is 14.8. The first-order chi connectivity index (χ1) is 10.8. The van der Waals surface area contributed by atoms with Crippen LogP contribution in [0.3, 0.4) is 0 Å². The average Bonchev–Trinajstić information content (AvgIpc) is 2.52. The molecule has 2 aromatic rings. The third kappa shape index (κ3) is 3.73. The Morgan fingerprint density at radius 2 is 1.84 bits per heavy atom. The molecule has 0 unspecified atom stereocenters. The maximum absolute atomic E-state index is 7.87. The van der Waals surface area contributed by atoms with E-state index in [1.807, 2.05) is 30.3 Å². The summed E-state index contributed by atoms with van der Waals surface area (Å²) in [5.41, 5.74) is 6.38. The SMILES string of the molecule is [2H]C([2H])(N)C([2H])([2H])c1ccc(OCc2ccccc2)c(OC)c1. The summed E-state index contributed by atoms with van der Waals surface area (Å²) in [6.45, 7) is -2.16. The highest BCUT2D eigenvalue weighted by Crippen LogP contribution is 2.28. The van der Waals surface area contributed by atoms with Gasteiger partial charge in [-0.05, 0) is 36.1 Å². The Hall–Kier alpha value is -2.00. The highest BCUT2D eigenvalue weighted by atomic mass is 16.5. The number of benzene rings is 2. The Labute approximate surface area is 119 Å². The number of methoxy groups -OCH3 is 1. The van der Waals surface area contributed by atoms with Gasteiger partial charge in [0.1, 0.15) is 6.61 Å². The molecule has 19 heavy (non-hydrogen) atoms. The molecule has 2 rings (SSSR count). The number of nitrogens with two attached hydrogens (primary N) is 1. The molecule has 100 valence electrons. The molecule has 0 amide bonds. The summed E-state index contributed by atoms with van der Waals surface area (Å²) in [6, 6.07) is 14.0. The molecule has 0 spiro atoms. The summed E-state index contributed by atoms with van der Waals surface area (Å²) in [4.78, 5) is 0. The maximum Gasteiger partial charge on any atom is 0.161 e. The first-order valence-corrected chi connectivity index (χ1v) is 5.90. The van der Waals surface area contributed by atoms with Crippen LogP contribution in [0.15, 0.2) is 48.5 Å². The zero-order chi connectivity index (χ0) is 17.1. The molecule has 0 bridgehead atoms. The topological polar surface area (TPSA) is 44.5 Å². The second-order valence-electron chi connectivity index (χ2n) is 3.91. The molecule has 0 atom stereocenters. The summed E-state index contributed by atoms with van der Waals surface area (Å²) < 4.78 is 41.5. The van der Waals surface area contributed by atoms with Crippen molar-refractivity contribution >= 4 is 0 Å². The Morgan fingerprint density at radius 1 is 1.05 bits per heavy atom. The van der Waals surface area contributed by atoms with Crippen LogP contribution >= 0.6 is 0 Å². The van der Waals surface area contributed by atoms with E-state index >= 15 is 0 Å². The fourth-order valence-corrected chi connectivity index (χ4v) is 1.68. The third-order valence-corrected chi connectivity index (χ3v) is 2.62. The fraction of sp³-hybridized carbons (Fsp3) is 0.250. The van der Waals surface area contributed by atoms with E-state index in [9.17, 15) is 0 Å². The van der Waals surface area contributed by atoms with Gasteiger partial charge in [0, 0.05) is 5.48 Å². The first-order valence-electron chi connectivity index (χ1n) is 7.90. The van der Waals surface area contributed by atoms with E-state index in [2.05, 4.69) is 0 Å². The van der Waals surface area contributed by atoms with Gasteiger partial charge in [0.25, 0.3) is 0 Å². The second-order valence-corrected chi connectivity index (χ2v) is 3.91. The molecule has 0 aliphatic carbocycles. The zero-order valence-electron chi connectivity index (χ0n) is 14.7. The quantitative estimate of drug-likeness (QED) is 0.869. The number of rotatable bonds is 6. The van der Waals surface area contributed by atoms with E-state index in [1.165, 1.54) is 19.2 Å². The lowest BCUT2D eigenvalue weighted by Gasteiger charge is -2.12. The van der Waals surface area contributed by atoms with Crippen LogP contribution in [0, 0.1) is 0 Å². The molecule has 3 heteroatoms. The molecule has 0 saturated heterocycles. The van der Waals surface area contributed by atoms with Crippen LogP contribution in [0.2, 0.25) is 0 Å². The Balaban J connectivity index is 2.23. The van der Waals surface area contributed by atoms with E-state index < -0.39 is 12.9 Å². The largest absolute Gasteiger partial charge is 0.493 e. The molecule has 2 N–H and O–H groups in total. The lowest BCUT2D eigenvalue weighted by atomic mass is 10.1. The monoisotopic (exact) mass is 261 g/mol. The molecule has 3 nitrogen and oxygen atoms in total. The van der Waals surface area contributed by atoms with Crippen LogP contribution in [0.4, 0.5) is 0 Å². The minimum atomic E-state index is -2.51. The van der Waals surface area contributed by atoms with Gasteiger partial charge in [-0.25, -0.2) is 0 Å². The van der Waals surface area contributed by atoms with Crippen LogP contribution in [-0.2, 0) is 13.0 Å². The van der Waals surface area contributed by atoms with E-state index in [1.54, 1.807) is 6.07 Å². The van der Waals surface area contributed by atoms with E-state index in [4.69, 9.17) is 20.7 Å². The molecule has 0 radical (unpaired) electrons. The standard InChI is InChI=1S/C16H19NO2/c1-18-16-11-13(9-10-17)7-8-15(16)19-12-14-5-3-2-4-6-14/h2-8,11H,9-10,12,17H2,1H3/i9D2,10D2. The van der Waals surface area contributed by atoms with Crippen molar-refractivity contribution in [2.24, 2.45) is 5.73 Å². The Morgan fingerprint density at radius 3 is 2.53 bits per heavy atom. The van der Waals surface area contributed by atoms with Crippen LogP contribution in [0.5, 0.6) is 11.5 Å². The second kappa shape index (κ2) is 6.81. The fourth-order valence-electron chi connectivity index (χ4n) is 1.68. The smallest absolute Gasteiger partial charge is 0.161 e. The van der Waals surface area contributed by atoms with Crippen molar-refractivity contribution in [2.45, 2.75) is 13.0 Å². The summed E-state index contributed by atoms with van der Waals surface area (Å²) in [7, 11) is 1.45. The van der Waals surface area contributed by atoms with Gasteiger partial charge < -0.3 is 15.2 Å². The van der Waals surface area contributed by atoms with Crippen molar-refractivity contribution in [3.05, 3.63) is 59.7 Å². The van der Waals surface area contributed by atoms with Crippen LogP contribution < -0.4 is 15.2 Å². The van der Waals surface area contributed by atoms with Gasteiger partial charge in [0.2, 0.25) is 0 Å². The number of aryl methyl sites for hydroxylation is 1. The molecule has 0 fully saturated rings. The van der Waals surface area contributed by atoms with E-state index in [0.717, 1.165) is 5.56 Å². The third-order valence-electron chi connectivity index (χ3n) is 2.62. The molecular formula is C16H19NO2. The molecule has 2 aromatic carbocycles.